The van der Waals surface area contributed by atoms with Crippen LogP contribution in [0.25, 0.3) is 0 Å². The van der Waals surface area contributed by atoms with E-state index >= 15 is 0 Å². The van der Waals surface area contributed by atoms with Crippen molar-refractivity contribution in [2.45, 2.75) is 43.4 Å². The standard InChI is InChI=1S/C18H27NO3S.ClH/c1-19(13-12-18(20)16-8-4-2-5-9-16)14-15-23(21,22)17-10-6-3-7-11-17;/h3,6-7,10-11,16H,2,4-5,8-9,12-15H2,1H3;1H. The topological polar surface area (TPSA) is 55.6 Å². The Morgan fingerprint density at radius 3 is 2.33 bits per heavy atom. The highest BCUT2D eigenvalue weighted by molar-refractivity contribution is 7.91. The van der Waals surface area contributed by atoms with Gasteiger partial charge in [0.2, 0.25) is 0 Å². The van der Waals surface area contributed by atoms with Crippen molar-refractivity contribution in [1.29, 1.82) is 0 Å². The average molecular weight is 374 g/mol. The van der Waals surface area contributed by atoms with Crippen LogP contribution in [-0.2, 0) is 14.6 Å². The molecule has 1 N–H and O–H groups in total. The smallest absolute Gasteiger partial charge is 0.183 e. The zero-order chi connectivity index (χ0) is 16.7. The molecule has 6 heteroatoms. The lowest BCUT2D eigenvalue weighted by Gasteiger charge is -2.21. The van der Waals surface area contributed by atoms with Crippen molar-refractivity contribution in [1.82, 2.24) is 0 Å². The molecule has 4 nitrogen and oxygen atoms in total. The van der Waals surface area contributed by atoms with Crippen molar-refractivity contribution in [3.05, 3.63) is 30.3 Å². The van der Waals surface area contributed by atoms with Crippen LogP contribution in [0.5, 0.6) is 0 Å². The molecule has 0 amide bonds. The Kier molecular flexibility index (Phi) is 8.95. The SMILES string of the molecule is C[NH+](CCC(=O)C1CCCCC1)CCS(=O)(=O)c1ccccc1.[Cl-]. The molecular weight excluding hydrogens is 346 g/mol. The summed E-state index contributed by atoms with van der Waals surface area (Å²) in [6.45, 7) is 1.26. The molecule has 0 spiro atoms. The molecule has 1 aromatic rings. The molecule has 0 heterocycles. The third kappa shape index (κ3) is 6.54. The Morgan fingerprint density at radius 2 is 1.71 bits per heavy atom. The Bertz CT molecular complexity index is 598. The van der Waals surface area contributed by atoms with Crippen LogP contribution in [0.4, 0.5) is 0 Å². The summed E-state index contributed by atoms with van der Waals surface area (Å²) < 4.78 is 24.5. The van der Waals surface area contributed by atoms with Gasteiger partial charge < -0.3 is 17.3 Å². The number of rotatable bonds is 8. The maximum atomic E-state index is 12.2. The molecule has 0 aromatic heterocycles. The molecule has 1 aromatic carbocycles. The fourth-order valence-electron chi connectivity index (χ4n) is 3.14. The summed E-state index contributed by atoms with van der Waals surface area (Å²) in [5, 5.41) is 0. The first-order chi connectivity index (χ1) is 11.0. The minimum atomic E-state index is -3.22. The molecule has 1 aliphatic carbocycles. The van der Waals surface area contributed by atoms with Gasteiger partial charge in [0, 0.05) is 5.92 Å². The van der Waals surface area contributed by atoms with Crippen LogP contribution in [0, 0.1) is 5.92 Å². The molecule has 1 saturated carbocycles. The third-order valence-corrected chi connectivity index (χ3v) is 6.49. The second-order valence-electron chi connectivity index (χ2n) is 6.64. The van der Waals surface area contributed by atoms with E-state index in [9.17, 15) is 13.2 Å². The second-order valence-corrected chi connectivity index (χ2v) is 8.75. The van der Waals surface area contributed by atoms with Crippen molar-refractivity contribution in [2.24, 2.45) is 5.92 Å². The molecular formula is C18H28ClNO3S. The van der Waals surface area contributed by atoms with E-state index < -0.39 is 9.84 Å². The van der Waals surface area contributed by atoms with E-state index in [-0.39, 0.29) is 24.1 Å². The van der Waals surface area contributed by atoms with Crippen LogP contribution in [0.2, 0.25) is 0 Å². The van der Waals surface area contributed by atoms with Gasteiger partial charge in [-0.25, -0.2) is 8.42 Å². The van der Waals surface area contributed by atoms with Gasteiger partial charge in [0.15, 0.2) is 9.84 Å². The number of benzene rings is 1. The van der Waals surface area contributed by atoms with Gasteiger partial charge in [-0.2, -0.15) is 0 Å². The van der Waals surface area contributed by atoms with Gasteiger partial charge in [-0.15, -0.1) is 0 Å². The lowest BCUT2D eigenvalue weighted by Crippen LogP contribution is -3.09. The number of sulfone groups is 1. The summed E-state index contributed by atoms with van der Waals surface area (Å²) in [7, 11) is -1.25. The maximum Gasteiger partial charge on any atom is 0.183 e. The van der Waals surface area contributed by atoms with Gasteiger partial charge in [-0.3, -0.25) is 4.79 Å². The van der Waals surface area contributed by atoms with E-state index in [1.165, 1.54) is 19.3 Å². The molecule has 2 rings (SSSR count). The highest BCUT2D eigenvalue weighted by Crippen LogP contribution is 2.24. The number of halogens is 1. The minimum absolute atomic E-state index is 0. The molecule has 1 fully saturated rings. The highest BCUT2D eigenvalue weighted by Gasteiger charge is 2.22. The number of quaternary nitrogens is 1. The number of nitrogens with one attached hydrogen (secondary N) is 1. The monoisotopic (exact) mass is 373 g/mol. The number of hydrogen-bond donors (Lipinski definition) is 1. The molecule has 0 radical (unpaired) electrons. The molecule has 0 bridgehead atoms. The van der Waals surface area contributed by atoms with Crippen molar-refractivity contribution in [3.8, 4) is 0 Å². The lowest BCUT2D eigenvalue weighted by atomic mass is 9.85. The average Bonchev–Trinajstić information content (AvgIpc) is 2.59. The van der Waals surface area contributed by atoms with E-state index in [2.05, 4.69) is 0 Å². The van der Waals surface area contributed by atoms with Crippen LogP contribution in [0.15, 0.2) is 35.2 Å². The summed E-state index contributed by atoms with van der Waals surface area (Å²) in [5.41, 5.74) is 0. The van der Waals surface area contributed by atoms with Gasteiger partial charge in [0.25, 0.3) is 0 Å². The Balaban J connectivity index is 0.00000288. The van der Waals surface area contributed by atoms with E-state index in [4.69, 9.17) is 0 Å². The van der Waals surface area contributed by atoms with Crippen LogP contribution < -0.4 is 17.3 Å². The summed E-state index contributed by atoms with van der Waals surface area (Å²) in [5.74, 6) is 0.750. The number of ketones is 1. The fourth-order valence-corrected chi connectivity index (χ4v) is 4.57. The van der Waals surface area contributed by atoms with Crippen LogP contribution >= 0.6 is 0 Å². The first-order valence-electron chi connectivity index (χ1n) is 8.61. The van der Waals surface area contributed by atoms with Gasteiger partial charge in [-0.05, 0) is 25.0 Å². The first kappa shape index (κ1) is 21.1. The zero-order valence-electron chi connectivity index (χ0n) is 14.3. The van der Waals surface area contributed by atoms with E-state index in [1.54, 1.807) is 24.3 Å². The third-order valence-electron chi connectivity index (χ3n) is 4.76. The Morgan fingerprint density at radius 1 is 1.08 bits per heavy atom. The molecule has 1 aliphatic rings. The number of Topliss-reactive ketones (excluding diaryl/α,β-unsaturated/α-hetero) is 1. The van der Waals surface area contributed by atoms with Gasteiger partial charge >= 0.3 is 0 Å². The number of hydrogen-bond acceptors (Lipinski definition) is 3. The normalized spacial score (nSPS) is 17.0. The summed E-state index contributed by atoms with van der Waals surface area (Å²) in [6.07, 6.45) is 6.26. The van der Waals surface area contributed by atoms with E-state index in [0.29, 0.717) is 23.6 Å². The Labute approximate surface area is 152 Å². The molecule has 1 atom stereocenters. The van der Waals surface area contributed by atoms with Crippen LogP contribution in [-0.4, -0.2) is 40.1 Å². The van der Waals surface area contributed by atoms with Crippen molar-refractivity contribution >= 4 is 15.6 Å². The van der Waals surface area contributed by atoms with Gasteiger partial charge in [-0.1, -0.05) is 37.5 Å². The summed E-state index contributed by atoms with van der Waals surface area (Å²) >= 11 is 0. The lowest BCUT2D eigenvalue weighted by molar-refractivity contribution is -0.876. The molecule has 136 valence electrons. The van der Waals surface area contributed by atoms with Gasteiger partial charge in [0.1, 0.15) is 11.5 Å². The van der Waals surface area contributed by atoms with Crippen LogP contribution in [0.3, 0.4) is 0 Å². The van der Waals surface area contributed by atoms with Crippen molar-refractivity contribution in [3.63, 3.8) is 0 Å². The zero-order valence-corrected chi connectivity index (χ0v) is 15.9. The quantitative estimate of drug-likeness (QED) is 0.604. The molecule has 0 saturated heterocycles. The molecule has 1 unspecified atom stereocenters. The number of carbonyl (C=O) groups is 1. The maximum absolute atomic E-state index is 12.2. The second kappa shape index (κ2) is 10.2. The van der Waals surface area contributed by atoms with Crippen molar-refractivity contribution in [2.75, 3.05) is 25.9 Å². The fraction of sp³-hybridized carbons (Fsp3) is 0.611. The number of carbonyl (C=O) groups excluding carboxylic acids is 1. The predicted octanol–water partition coefficient (Wildman–Crippen LogP) is -1.48. The van der Waals surface area contributed by atoms with Gasteiger partial charge in [0.05, 0.1) is 31.5 Å². The highest BCUT2D eigenvalue weighted by atomic mass is 35.5. The van der Waals surface area contributed by atoms with Crippen molar-refractivity contribution < 1.29 is 30.5 Å². The predicted molar refractivity (Wildman–Crippen MR) is 91.3 cm³/mol. The van der Waals surface area contributed by atoms with Crippen LogP contribution in [0.1, 0.15) is 38.5 Å². The largest absolute Gasteiger partial charge is 1.00 e. The minimum Gasteiger partial charge on any atom is -1.00 e. The van der Waals surface area contributed by atoms with E-state index in [1.807, 2.05) is 13.1 Å². The van der Waals surface area contributed by atoms with E-state index in [0.717, 1.165) is 24.3 Å². The molecule has 0 aliphatic heterocycles. The summed E-state index contributed by atoms with van der Waals surface area (Å²) in [6, 6.07) is 8.57. The summed E-state index contributed by atoms with van der Waals surface area (Å²) in [4.78, 5) is 13.7. The molecule has 24 heavy (non-hydrogen) atoms. The first-order valence-corrected chi connectivity index (χ1v) is 10.3. The Hall–Kier alpha value is -0.910.